The lowest BCUT2D eigenvalue weighted by Crippen LogP contribution is -2.45. The molecule has 3 rings (SSSR count). The summed E-state index contributed by atoms with van der Waals surface area (Å²) in [6, 6.07) is 8.36. The first-order chi connectivity index (χ1) is 7.79. The van der Waals surface area contributed by atoms with Gasteiger partial charge in [-0.1, -0.05) is 18.2 Å². The van der Waals surface area contributed by atoms with Crippen molar-refractivity contribution in [1.29, 1.82) is 0 Å². The van der Waals surface area contributed by atoms with Gasteiger partial charge < -0.3 is 10.5 Å². The number of para-hydroxylation sites is 1. The Balaban J connectivity index is 1.93. The van der Waals surface area contributed by atoms with Crippen molar-refractivity contribution in [2.45, 2.75) is 30.9 Å². The summed E-state index contributed by atoms with van der Waals surface area (Å²) in [5, 5.41) is 0. The van der Waals surface area contributed by atoms with Crippen LogP contribution in [0, 0.1) is 0 Å². The number of ether oxygens (including phenoxy) is 1. The molecular weight excluding hydrogens is 218 g/mol. The Morgan fingerprint density at radius 2 is 2.00 bits per heavy atom. The van der Waals surface area contributed by atoms with Gasteiger partial charge in [0.15, 0.2) is 0 Å². The first-order valence-corrected chi connectivity index (χ1v) is 7.06. The molecule has 0 bridgehead atoms. The average molecular weight is 235 g/mol. The van der Waals surface area contributed by atoms with Crippen molar-refractivity contribution in [3.05, 3.63) is 29.8 Å². The predicted octanol–water partition coefficient (Wildman–Crippen LogP) is 2.73. The molecule has 1 saturated heterocycles. The van der Waals surface area contributed by atoms with Crippen LogP contribution in [-0.2, 0) is 0 Å². The van der Waals surface area contributed by atoms with Crippen molar-refractivity contribution >= 4 is 11.8 Å². The van der Waals surface area contributed by atoms with Gasteiger partial charge in [-0.25, -0.2) is 0 Å². The number of benzene rings is 1. The Morgan fingerprint density at radius 1 is 1.25 bits per heavy atom. The third-order valence-electron chi connectivity index (χ3n) is 3.64. The van der Waals surface area contributed by atoms with Crippen LogP contribution >= 0.6 is 11.8 Å². The van der Waals surface area contributed by atoms with Crippen molar-refractivity contribution in [1.82, 2.24) is 0 Å². The van der Waals surface area contributed by atoms with E-state index >= 15 is 0 Å². The van der Waals surface area contributed by atoms with Crippen LogP contribution in [0.5, 0.6) is 5.75 Å². The van der Waals surface area contributed by atoms with Gasteiger partial charge in [0, 0.05) is 18.0 Å². The van der Waals surface area contributed by atoms with Crippen molar-refractivity contribution in [3.63, 3.8) is 0 Å². The van der Waals surface area contributed by atoms with Crippen LogP contribution in [0.3, 0.4) is 0 Å². The van der Waals surface area contributed by atoms with E-state index in [-0.39, 0.29) is 11.6 Å². The Hall–Kier alpha value is -0.670. The Morgan fingerprint density at radius 3 is 2.81 bits per heavy atom. The first-order valence-electron chi connectivity index (χ1n) is 5.90. The van der Waals surface area contributed by atoms with E-state index in [1.807, 2.05) is 23.9 Å². The van der Waals surface area contributed by atoms with E-state index in [0.29, 0.717) is 0 Å². The molecule has 1 aromatic carbocycles. The Kier molecular flexibility index (Phi) is 2.60. The molecule has 3 heteroatoms. The summed E-state index contributed by atoms with van der Waals surface area (Å²) >= 11 is 2.02. The summed E-state index contributed by atoms with van der Waals surface area (Å²) in [4.78, 5) is 0. The fraction of sp³-hybridized carbons (Fsp3) is 0.538. The molecule has 1 fully saturated rings. The van der Waals surface area contributed by atoms with Crippen LogP contribution < -0.4 is 10.5 Å². The van der Waals surface area contributed by atoms with Crippen LogP contribution in [0.25, 0.3) is 0 Å². The number of hydrogen-bond donors (Lipinski definition) is 1. The van der Waals surface area contributed by atoms with Gasteiger partial charge >= 0.3 is 0 Å². The zero-order chi connectivity index (χ0) is 11.0. The largest absolute Gasteiger partial charge is 0.487 e. The molecule has 16 heavy (non-hydrogen) atoms. The zero-order valence-electron chi connectivity index (χ0n) is 9.32. The van der Waals surface area contributed by atoms with E-state index in [1.165, 1.54) is 17.1 Å². The highest BCUT2D eigenvalue weighted by Gasteiger charge is 2.40. The van der Waals surface area contributed by atoms with Crippen molar-refractivity contribution in [2.24, 2.45) is 5.73 Å². The van der Waals surface area contributed by atoms with Gasteiger partial charge in [0.1, 0.15) is 11.4 Å². The first kappa shape index (κ1) is 10.5. The maximum Gasteiger partial charge on any atom is 0.124 e. The average Bonchev–Trinajstić information content (AvgIpc) is 2.30. The molecule has 1 spiro atoms. The lowest BCUT2D eigenvalue weighted by atomic mass is 9.83. The van der Waals surface area contributed by atoms with Crippen LogP contribution in [0.1, 0.15) is 30.9 Å². The molecule has 0 saturated carbocycles. The number of nitrogens with two attached hydrogens (primary N) is 1. The van der Waals surface area contributed by atoms with E-state index < -0.39 is 0 Å². The maximum atomic E-state index is 6.27. The van der Waals surface area contributed by atoms with Gasteiger partial charge in [0.2, 0.25) is 0 Å². The monoisotopic (exact) mass is 235 g/mol. The highest BCUT2D eigenvalue weighted by molar-refractivity contribution is 7.99. The Bertz CT molecular complexity index is 387. The fourth-order valence-electron chi connectivity index (χ4n) is 2.72. The number of rotatable bonds is 0. The van der Waals surface area contributed by atoms with Crippen LogP contribution in [0.2, 0.25) is 0 Å². The molecule has 86 valence electrons. The van der Waals surface area contributed by atoms with Crippen LogP contribution in [0.15, 0.2) is 24.3 Å². The molecule has 0 amide bonds. The molecule has 2 nitrogen and oxygen atoms in total. The lowest BCUT2D eigenvalue weighted by Gasteiger charge is -2.43. The second-order valence-corrected chi connectivity index (χ2v) is 5.97. The third kappa shape index (κ3) is 1.72. The molecule has 1 atom stereocenters. The third-order valence-corrected chi connectivity index (χ3v) is 4.63. The summed E-state index contributed by atoms with van der Waals surface area (Å²) in [7, 11) is 0. The number of hydrogen-bond acceptors (Lipinski definition) is 3. The highest BCUT2D eigenvalue weighted by Crippen LogP contribution is 2.44. The molecule has 0 aliphatic carbocycles. The predicted molar refractivity (Wildman–Crippen MR) is 67.9 cm³/mol. The van der Waals surface area contributed by atoms with E-state index in [1.54, 1.807) is 0 Å². The van der Waals surface area contributed by atoms with Crippen LogP contribution in [0.4, 0.5) is 0 Å². The maximum absolute atomic E-state index is 6.27. The molecule has 2 N–H and O–H groups in total. The second-order valence-electron chi connectivity index (χ2n) is 4.75. The van der Waals surface area contributed by atoms with E-state index in [4.69, 9.17) is 10.5 Å². The molecule has 0 radical (unpaired) electrons. The minimum absolute atomic E-state index is 0.0268. The minimum Gasteiger partial charge on any atom is -0.487 e. The number of fused-ring (bicyclic) bond motifs is 1. The summed E-state index contributed by atoms with van der Waals surface area (Å²) in [5.41, 5.74) is 7.46. The van der Waals surface area contributed by atoms with Gasteiger partial charge in [0.25, 0.3) is 0 Å². The molecule has 0 aromatic heterocycles. The number of thioether (sulfide) groups is 1. The van der Waals surface area contributed by atoms with Gasteiger partial charge in [-0.2, -0.15) is 11.8 Å². The SMILES string of the molecule is NC1CC2(CCSCC2)Oc2ccccc21. The fourth-order valence-corrected chi connectivity index (χ4v) is 3.95. The second kappa shape index (κ2) is 3.97. The lowest BCUT2D eigenvalue weighted by molar-refractivity contribution is 0.0280. The molecular formula is C13H17NOS. The van der Waals surface area contributed by atoms with Gasteiger partial charge in [-0.15, -0.1) is 0 Å². The Labute approximate surface area is 101 Å². The van der Waals surface area contributed by atoms with Gasteiger partial charge in [-0.3, -0.25) is 0 Å². The molecule has 1 unspecified atom stereocenters. The summed E-state index contributed by atoms with van der Waals surface area (Å²) in [5.74, 6) is 3.41. The van der Waals surface area contributed by atoms with Crippen LogP contribution in [-0.4, -0.2) is 17.1 Å². The zero-order valence-corrected chi connectivity index (χ0v) is 10.1. The molecule has 2 aliphatic rings. The quantitative estimate of drug-likeness (QED) is 0.751. The highest BCUT2D eigenvalue weighted by atomic mass is 32.2. The van der Waals surface area contributed by atoms with Crippen molar-refractivity contribution < 1.29 is 4.74 Å². The van der Waals surface area contributed by atoms with E-state index in [0.717, 1.165) is 25.0 Å². The minimum atomic E-state index is 0.0268. The topological polar surface area (TPSA) is 35.2 Å². The van der Waals surface area contributed by atoms with Crippen molar-refractivity contribution in [3.8, 4) is 5.75 Å². The summed E-state index contributed by atoms with van der Waals surface area (Å²) in [6.45, 7) is 0. The molecule has 2 heterocycles. The molecule has 2 aliphatic heterocycles. The smallest absolute Gasteiger partial charge is 0.124 e. The van der Waals surface area contributed by atoms with Gasteiger partial charge in [-0.05, 0) is 30.4 Å². The van der Waals surface area contributed by atoms with Gasteiger partial charge in [0.05, 0.1) is 0 Å². The van der Waals surface area contributed by atoms with E-state index in [2.05, 4.69) is 12.1 Å². The molecule has 1 aromatic rings. The summed E-state index contributed by atoms with van der Waals surface area (Å²) in [6.07, 6.45) is 3.25. The van der Waals surface area contributed by atoms with Crippen molar-refractivity contribution in [2.75, 3.05) is 11.5 Å². The normalized spacial score (nSPS) is 27.2. The standard InChI is InChI=1S/C13H17NOS/c14-11-9-13(5-7-16-8-6-13)15-12-4-2-1-3-10(11)12/h1-4,11H,5-9,14H2. The van der Waals surface area contributed by atoms with E-state index in [9.17, 15) is 0 Å². The summed E-state index contributed by atoms with van der Waals surface area (Å²) < 4.78 is 6.24.